The van der Waals surface area contributed by atoms with Gasteiger partial charge < -0.3 is 14.2 Å². The van der Waals surface area contributed by atoms with Gasteiger partial charge in [-0.15, -0.1) is 0 Å². The fraction of sp³-hybridized carbons (Fsp3) is 0.500. The van der Waals surface area contributed by atoms with Crippen molar-refractivity contribution in [2.24, 2.45) is 5.92 Å². The summed E-state index contributed by atoms with van der Waals surface area (Å²) in [5.74, 6) is 2.27. The first-order chi connectivity index (χ1) is 12.2. The van der Waals surface area contributed by atoms with Gasteiger partial charge in [0.05, 0.1) is 6.61 Å². The number of rotatable bonds is 6. The number of benzene rings is 1. The number of hydrogen-bond donors (Lipinski definition) is 0. The molecule has 0 radical (unpaired) electrons. The van der Waals surface area contributed by atoms with E-state index in [2.05, 4.69) is 17.3 Å². The summed E-state index contributed by atoms with van der Waals surface area (Å²) >= 11 is 0. The maximum absolute atomic E-state index is 12.4. The molecule has 1 amide bonds. The fourth-order valence-electron chi connectivity index (χ4n) is 3.34. The van der Waals surface area contributed by atoms with Crippen LogP contribution in [0.4, 0.5) is 0 Å². The Morgan fingerprint density at radius 3 is 2.60 bits per heavy atom. The van der Waals surface area contributed by atoms with E-state index in [0.717, 1.165) is 38.1 Å². The Kier molecular flexibility index (Phi) is 5.74. The van der Waals surface area contributed by atoms with Gasteiger partial charge in [0.25, 0.3) is 5.91 Å². The average Bonchev–Trinajstić information content (AvgIpc) is 3.08. The van der Waals surface area contributed by atoms with Crippen LogP contribution in [0.1, 0.15) is 48.0 Å². The van der Waals surface area contributed by atoms with Crippen molar-refractivity contribution in [1.82, 2.24) is 10.1 Å². The van der Waals surface area contributed by atoms with E-state index >= 15 is 0 Å². The van der Waals surface area contributed by atoms with Gasteiger partial charge in [0.15, 0.2) is 5.69 Å². The lowest BCUT2D eigenvalue weighted by molar-refractivity contribution is 0.0676. The topological polar surface area (TPSA) is 55.6 Å². The summed E-state index contributed by atoms with van der Waals surface area (Å²) in [6.07, 6.45) is 4.35. The minimum Gasteiger partial charge on any atom is -0.494 e. The number of ether oxygens (including phenoxy) is 1. The standard InChI is InChI=1S/C20H26N2O3/c1-3-24-18-8-6-16(7-9-18)4-5-17-10-12-22(13-11-17)20(23)19-14-15(2)25-21-19/h6-9,14,17H,3-5,10-13H2,1-2H3. The highest BCUT2D eigenvalue weighted by atomic mass is 16.5. The van der Waals surface area contributed by atoms with Crippen molar-refractivity contribution in [3.8, 4) is 5.75 Å². The smallest absolute Gasteiger partial charge is 0.276 e. The second-order valence-corrected chi connectivity index (χ2v) is 6.67. The van der Waals surface area contributed by atoms with Gasteiger partial charge in [-0.1, -0.05) is 17.3 Å². The molecule has 25 heavy (non-hydrogen) atoms. The van der Waals surface area contributed by atoms with Crippen molar-refractivity contribution in [3.05, 3.63) is 47.3 Å². The number of amides is 1. The molecule has 1 aromatic heterocycles. The van der Waals surface area contributed by atoms with Crippen LogP contribution in [0.2, 0.25) is 0 Å². The van der Waals surface area contributed by atoms with Gasteiger partial charge in [0.2, 0.25) is 0 Å². The van der Waals surface area contributed by atoms with Crippen LogP contribution in [0.5, 0.6) is 5.75 Å². The lowest BCUT2D eigenvalue weighted by Gasteiger charge is -2.31. The monoisotopic (exact) mass is 342 g/mol. The molecule has 0 spiro atoms. The lowest BCUT2D eigenvalue weighted by atomic mass is 9.90. The van der Waals surface area contributed by atoms with Crippen molar-refractivity contribution in [2.75, 3.05) is 19.7 Å². The highest BCUT2D eigenvalue weighted by Gasteiger charge is 2.25. The van der Waals surface area contributed by atoms with Crippen molar-refractivity contribution < 1.29 is 14.1 Å². The highest BCUT2D eigenvalue weighted by molar-refractivity contribution is 5.92. The van der Waals surface area contributed by atoms with Gasteiger partial charge in [-0.05, 0) is 63.1 Å². The van der Waals surface area contributed by atoms with E-state index in [4.69, 9.17) is 9.26 Å². The van der Waals surface area contributed by atoms with Crippen molar-refractivity contribution in [2.45, 2.75) is 39.5 Å². The number of carbonyl (C=O) groups excluding carboxylic acids is 1. The Labute approximate surface area is 148 Å². The summed E-state index contributed by atoms with van der Waals surface area (Å²) in [6, 6.07) is 10.1. The summed E-state index contributed by atoms with van der Waals surface area (Å²) in [6.45, 7) is 6.10. The number of aryl methyl sites for hydroxylation is 2. The summed E-state index contributed by atoms with van der Waals surface area (Å²) in [5, 5.41) is 3.83. The molecule has 1 fully saturated rings. The van der Waals surface area contributed by atoms with E-state index in [9.17, 15) is 4.79 Å². The zero-order valence-electron chi connectivity index (χ0n) is 15.0. The lowest BCUT2D eigenvalue weighted by Crippen LogP contribution is -2.38. The molecule has 2 heterocycles. The zero-order chi connectivity index (χ0) is 17.6. The maximum atomic E-state index is 12.4. The molecule has 0 N–H and O–H groups in total. The molecule has 2 aromatic rings. The SMILES string of the molecule is CCOc1ccc(CCC2CCN(C(=O)c3cc(C)on3)CC2)cc1. The number of carbonyl (C=O) groups is 1. The number of hydrogen-bond acceptors (Lipinski definition) is 4. The van der Waals surface area contributed by atoms with Gasteiger partial charge >= 0.3 is 0 Å². The van der Waals surface area contributed by atoms with Gasteiger partial charge in [-0.25, -0.2) is 0 Å². The molecule has 0 aliphatic carbocycles. The summed E-state index contributed by atoms with van der Waals surface area (Å²) < 4.78 is 10.5. The Bertz CT molecular complexity index is 685. The number of nitrogens with zero attached hydrogens (tertiary/aromatic N) is 2. The third kappa shape index (κ3) is 4.62. The molecule has 0 unspecified atom stereocenters. The quantitative estimate of drug-likeness (QED) is 0.800. The van der Waals surface area contributed by atoms with E-state index in [1.165, 1.54) is 12.0 Å². The average molecular weight is 342 g/mol. The molecular weight excluding hydrogens is 316 g/mol. The molecule has 1 aliphatic heterocycles. The van der Waals surface area contributed by atoms with Crippen LogP contribution >= 0.6 is 0 Å². The highest BCUT2D eigenvalue weighted by Crippen LogP contribution is 2.24. The van der Waals surface area contributed by atoms with Gasteiger partial charge in [0.1, 0.15) is 11.5 Å². The number of piperidine rings is 1. The van der Waals surface area contributed by atoms with E-state index < -0.39 is 0 Å². The van der Waals surface area contributed by atoms with E-state index in [1.54, 1.807) is 13.0 Å². The molecule has 3 rings (SSSR count). The van der Waals surface area contributed by atoms with Crippen LogP contribution < -0.4 is 4.74 Å². The van der Waals surface area contributed by atoms with Gasteiger partial charge in [-0.3, -0.25) is 4.79 Å². The number of likely N-dealkylation sites (tertiary alicyclic amines) is 1. The molecule has 1 aromatic carbocycles. The van der Waals surface area contributed by atoms with Crippen molar-refractivity contribution >= 4 is 5.91 Å². The van der Waals surface area contributed by atoms with Crippen LogP contribution in [0, 0.1) is 12.8 Å². The summed E-state index contributed by atoms with van der Waals surface area (Å²) in [5.41, 5.74) is 1.77. The minimum atomic E-state index is -0.0122. The molecule has 5 heteroatoms. The molecule has 0 atom stereocenters. The maximum Gasteiger partial charge on any atom is 0.276 e. The molecule has 5 nitrogen and oxygen atoms in total. The van der Waals surface area contributed by atoms with Crippen LogP contribution in [-0.4, -0.2) is 35.7 Å². The van der Waals surface area contributed by atoms with Crippen LogP contribution in [-0.2, 0) is 6.42 Å². The van der Waals surface area contributed by atoms with E-state index in [-0.39, 0.29) is 5.91 Å². The molecule has 0 saturated carbocycles. The predicted octanol–water partition coefficient (Wildman–Crippen LogP) is 3.87. The largest absolute Gasteiger partial charge is 0.494 e. The van der Waals surface area contributed by atoms with E-state index in [0.29, 0.717) is 24.0 Å². The second-order valence-electron chi connectivity index (χ2n) is 6.67. The van der Waals surface area contributed by atoms with Gasteiger partial charge in [0, 0.05) is 19.2 Å². The Balaban J connectivity index is 1.44. The Morgan fingerprint density at radius 2 is 2.00 bits per heavy atom. The first-order valence-electron chi connectivity index (χ1n) is 9.10. The molecule has 1 saturated heterocycles. The number of aromatic nitrogens is 1. The second kappa shape index (κ2) is 8.19. The first kappa shape index (κ1) is 17.5. The molecule has 1 aliphatic rings. The third-order valence-electron chi connectivity index (χ3n) is 4.82. The minimum absolute atomic E-state index is 0.0122. The third-order valence-corrected chi connectivity index (χ3v) is 4.82. The molecule has 0 bridgehead atoms. The zero-order valence-corrected chi connectivity index (χ0v) is 15.0. The summed E-state index contributed by atoms with van der Waals surface area (Å²) in [4.78, 5) is 14.3. The van der Waals surface area contributed by atoms with Crippen LogP contribution in [0.25, 0.3) is 0 Å². The summed E-state index contributed by atoms with van der Waals surface area (Å²) in [7, 11) is 0. The first-order valence-corrected chi connectivity index (χ1v) is 9.10. The normalized spacial score (nSPS) is 15.4. The Hall–Kier alpha value is -2.30. The Morgan fingerprint density at radius 1 is 1.28 bits per heavy atom. The molecular formula is C20H26N2O3. The van der Waals surface area contributed by atoms with Crippen molar-refractivity contribution in [1.29, 1.82) is 0 Å². The van der Waals surface area contributed by atoms with Crippen LogP contribution in [0.15, 0.2) is 34.9 Å². The van der Waals surface area contributed by atoms with Crippen molar-refractivity contribution in [3.63, 3.8) is 0 Å². The molecule has 134 valence electrons. The van der Waals surface area contributed by atoms with E-state index in [1.807, 2.05) is 24.0 Å². The van der Waals surface area contributed by atoms with Crippen LogP contribution in [0.3, 0.4) is 0 Å². The predicted molar refractivity (Wildman–Crippen MR) is 95.8 cm³/mol. The fourth-order valence-corrected chi connectivity index (χ4v) is 3.34. The van der Waals surface area contributed by atoms with Gasteiger partial charge in [-0.2, -0.15) is 0 Å².